The summed E-state index contributed by atoms with van der Waals surface area (Å²) in [6, 6.07) is 6.25. The maximum Gasteiger partial charge on any atom is 0.339 e. The third kappa shape index (κ3) is 11.1. The van der Waals surface area contributed by atoms with Gasteiger partial charge in [0.25, 0.3) is 0 Å². The van der Waals surface area contributed by atoms with Gasteiger partial charge in [0, 0.05) is 0 Å². The molecule has 0 spiro atoms. The lowest BCUT2D eigenvalue weighted by molar-refractivity contribution is 0.0248. The van der Waals surface area contributed by atoms with E-state index in [1.54, 1.807) is 12.1 Å². The summed E-state index contributed by atoms with van der Waals surface area (Å²) in [5.74, 6) is -0.811. The molecule has 0 fully saturated rings. The maximum absolute atomic E-state index is 12.5. The molecular weight excluding hydrogens is 364 g/mol. The summed E-state index contributed by atoms with van der Waals surface area (Å²) in [5.41, 5.74) is 0.139. The van der Waals surface area contributed by atoms with Crippen molar-refractivity contribution in [2.75, 3.05) is 0 Å². The Morgan fingerprint density at radius 1 is 0.828 bits per heavy atom. The minimum absolute atomic E-state index is 0.00106. The van der Waals surface area contributed by atoms with E-state index in [0.717, 1.165) is 38.0 Å². The Morgan fingerprint density at radius 3 is 1.86 bits per heavy atom. The number of carboxylic acids is 1. The molecular formula is C25H40O4. The van der Waals surface area contributed by atoms with Gasteiger partial charge in [-0.15, -0.1) is 0 Å². The second kappa shape index (κ2) is 15.1. The van der Waals surface area contributed by atoms with Gasteiger partial charge in [-0.05, 0) is 37.3 Å². The zero-order valence-electron chi connectivity index (χ0n) is 18.6. The van der Waals surface area contributed by atoms with Gasteiger partial charge in [-0.1, -0.05) is 90.7 Å². The van der Waals surface area contributed by atoms with E-state index in [2.05, 4.69) is 20.8 Å². The largest absolute Gasteiger partial charge is 0.478 e. The van der Waals surface area contributed by atoms with E-state index in [-0.39, 0.29) is 17.2 Å². The third-order valence-electron chi connectivity index (χ3n) is 5.32. The molecule has 29 heavy (non-hydrogen) atoms. The average Bonchev–Trinajstić information content (AvgIpc) is 2.69. The van der Waals surface area contributed by atoms with Gasteiger partial charge < -0.3 is 9.84 Å². The standard InChI is InChI=1S/C25H40O4/c1-4-15-21(17-12-10-8-6-5-7-9-11-16-20(2)3)29-25(28)23-19-14-13-18-22(23)24(26)27/h13-14,18-21H,4-12,15-17H2,1-3H3,(H,26,27). The monoisotopic (exact) mass is 404 g/mol. The first-order chi connectivity index (χ1) is 14.0. The number of hydrogen-bond donors (Lipinski definition) is 1. The minimum atomic E-state index is -1.10. The molecule has 1 N–H and O–H groups in total. The van der Waals surface area contributed by atoms with Crippen LogP contribution in [-0.2, 0) is 4.74 Å². The van der Waals surface area contributed by atoms with Gasteiger partial charge in [-0.2, -0.15) is 0 Å². The van der Waals surface area contributed by atoms with E-state index >= 15 is 0 Å². The maximum atomic E-state index is 12.5. The summed E-state index contributed by atoms with van der Waals surface area (Å²) < 4.78 is 5.66. The van der Waals surface area contributed by atoms with Crippen molar-refractivity contribution in [3.63, 3.8) is 0 Å². The molecule has 1 atom stereocenters. The van der Waals surface area contributed by atoms with E-state index < -0.39 is 11.9 Å². The fraction of sp³-hybridized carbons (Fsp3) is 0.680. The van der Waals surface area contributed by atoms with Gasteiger partial charge in [-0.25, -0.2) is 9.59 Å². The summed E-state index contributed by atoms with van der Waals surface area (Å²) in [4.78, 5) is 23.8. The highest BCUT2D eigenvalue weighted by atomic mass is 16.5. The Kier molecular flexibility index (Phi) is 13.1. The molecule has 4 heteroatoms. The van der Waals surface area contributed by atoms with Crippen molar-refractivity contribution in [3.05, 3.63) is 35.4 Å². The molecule has 0 aliphatic carbocycles. The number of ether oxygens (including phenoxy) is 1. The van der Waals surface area contributed by atoms with Gasteiger partial charge in [-0.3, -0.25) is 0 Å². The first kappa shape index (κ1) is 25.2. The number of unbranched alkanes of at least 4 members (excludes halogenated alkanes) is 7. The van der Waals surface area contributed by atoms with Crippen LogP contribution in [0.4, 0.5) is 0 Å². The van der Waals surface area contributed by atoms with Gasteiger partial charge in [0.1, 0.15) is 6.10 Å². The highest BCUT2D eigenvalue weighted by Crippen LogP contribution is 2.18. The van der Waals surface area contributed by atoms with Crippen LogP contribution in [0.1, 0.15) is 119 Å². The molecule has 0 saturated heterocycles. The lowest BCUT2D eigenvalue weighted by Crippen LogP contribution is -2.20. The Hall–Kier alpha value is -1.84. The molecule has 0 bridgehead atoms. The number of esters is 1. The number of carbonyl (C=O) groups is 2. The molecule has 0 heterocycles. The predicted molar refractivity (Wildman–Crippen MR) is 119 cm³/mol. The van der Waals surface area contributed by atoms with Crippen molar-refractivity contribution >= 4 is 11.9 Å². The second-order valence-electron chi connectivity index (χ2n) is 8.47. The quantitative estimate of drug-likeness (QED) is 0.232. The van der Waals surface area contributed by atoms with Crippen LogP contribution in [0.15, 0.2) is 24.3 Å². The fourth-order valence-corrected chi connectivity index (χ4v) is 3.63. The molecule has 0 aromatic heterocycles. The Bertz CT molecular complexity index is 594. The van der Waals surface area contributed by atoms with Gasteiger partial charge >= 0.3 is 11.9 Å². The number of rotatable bonds is 16. The molecule has 4 nitrogen and oxygen atoms in total. The normalized spacial score (nSPS) is 12.1. The van der Waals surface area contributed by atoms with Crippen LogP contribution in [0.25, 0.3) is 0 Å². The van der Waals surface area contributed by atoms with E-state index in [9.17, 15) is 14.7 Å². The Labute approximate surface area is 177 Å². The fourth-order valence-electron chi connectivity index (χ4n) is 3.63. The Morgan fingerprint density at radius 2 is 1.34 bits per heavy atom. The molecule has 0 amide bonds. The highest BCUT2D eigenvalue weighted by Gasteiger charge is 2.20. The first-order valence-corrected chi connectivity index (χ1v) is 11.5. The van der Waals surface area contributed by atoms with Gasteiger partial charge in [0.05, 0.1) is 11.1 Å². The lowest BCUT2D eigenvalue weighted by Gasteiger charge is -2.18. The zero-order chi connectivity index (χ0) is 21.5. The van der Waals surface area contributed by atoms with E-state index in [4.69, 9.17) is 4.74 Å². The van der Waals surface area contributed by atoms with Crippen LogP contribution < -0.4 is 0 Å². The lowest BCUT2D eigenvalue weighted by atomic mass is 10.0. The topological polar surface area (TPSA) is 63.6 Å². The minimum Gasteiger partial charge on any atom is -0.478 e. The summed E-state index contributed by atoms with van der Waals surface area (Å²) >= 11 is 0. The van der Waals surface area contributed by atoms with Gasteiger partial charge in [0.15, 0.2) is 0 Å². The molecule has 0 aliphatic rings. The van der Waals surface area contributed by atoms with Gasteiger partial charge in [0.2, 0.25) is 0 Å². The summed E-state index contributed by atoms with van der Waals surface area (Å²) in [7, 11) is 0. The number of carbonyl (C=O) groups excluding carboxylic acids is 1. The number of benzene rings is 1. The molecule has 1 rings (SSSR count). The first-order valence-electron chi connectivity index (χ1n) is 11.5. The van der Waals surface area contributed by atoms with Crippen molar-refractivity contribution < 1.29 is 19.4 Å². The highest BCUT2D eigenvalue weighted by molar-refractivity contribution is 6.02. The van der Waals surface area contributed by atoms with E-state index in [1.165, 1.54) is 57.1 Å². The van der Waals surface area contributed by atoms with Crippen molar-refractivity contribution in [3.8, 4) is 0 Å². The van der Waals surface area contributed by atoms with Crippen LogP contribution in [0.2, 0.25) is 0 Å². The molecule has 0 radical (unpaired) electrons. The molecule has 0 aliphatic heterocycles. The van der Waals surface area contributed by atoms with E-state index in [1.807, 2.05) is 0 Å². The van der Waals surface area contributed by atoms with Crippen LogP contribution in [-0.4, -0.2) is 23.1 Å². The summed E-state index contributed by atoms with van der Waals surface area (Å²) in [6.45, 7) is 6.65. The zero-order valence-corrected chi connectivity index (χ0v) is 18.6. The molecule has 1 unspecified atom stereocenters. The summed E-state index contributed by atoms with van der Waals surface area (Å²) in [6.07, 6.45) is 13.9. The van der Waals surface area contributed by atoms with Crippen LogP contribution >= 0.6 is 0 Å². The molecule has 1 aromatic rings. The van der Waals surface area contributed by atoms with Crippen molar-refractivity contribution in [2.24, 2.45) is 5.92 Å². The number of aromatic carboxylic acids is 1. The van der Waals surface area contributed by atoms with Crippen LogP contribution in [0.5, 0.6) is 0 Å². The summed E-state index contributed by atoms with van der Waals surface area (Å²) in [5, 5.41) is 9.26. The number of hydrogen-bond acceptors (Lipinski definition) is 3. The predicted octanol–water partition coefficient (Wildman–Crippen LogP) is 7.27. The smallest absolute Gasteiger partial charge is 0.339 e. The van der Waals surface area contributed by atoms with Crippen LogP contribution in [0.3, 0.4) is 0 Å². The molecule has 0 saturated carbocycles. The van der Waals surface area contributed by atoms with Crippen molar-refractivity contribution in [1.82, 2.24) is 0 Å². The second-order valence-corrected chi connectivity index (χ2v) is 8.47. The SMILES string of the molecule is CCCC(CCCCCCCCCCC(C)C)OC(=O)c1ccccc1C(=O)O. The van der Waals surface area contributed by atoms with E-state index in [0.29, 0.717) is 0 Å². The van der Waals surface area contributed by atoms with Crippen molar-refractivity contribution in [1.29, 1.82) is 0 Å². The van der Waals surface area contributed by atoms with Crippen LogP contribution in [0, 0.1) is 5.92 Å². The van der Waals surface area contributed by atoms with Crippen molar-refractivity contribution in [2.45, 2.75) is 104 Å². The molecule has 1 aromatic carbocycles. The molecule has 164 valence electrons. The third-order valence-corrected chi connectivity index (χ3v) is 5.32. The number of carboxylic acid groups (broad SMARTS) is 1. The average molecular weight is 405 g/mol. The Balaban J connectivity index is 2.28.